The van der Waals surface area contributed by atoms with E-state index >= 15 is 0 Å². The minimum atomic E-state index is -1.09. The quantitative estimate of drug-likeness (QED) is 0.574. The molecule has 6 nitrogen and oxygen atoms in total. The minimum Gasteiger partial charge on any atom is -0.390 e. The van der Waals surface area contributed by atoms with Crippen molar-refractivity contribution in [3.8, 4) is 0 Å². The van der Waals surface area contributed by atoms with Crippen molar-refractivity contribution in [1.29, 1.82) is 0 Å². The van der Waals surface area contributed by atoms with Crippen molar-refractivity contribution in [2.24, 2.45) is 0 Å². The second kappa shape index (κ2) is 6.32. The average molecular weight is 254 g/mol. The van der Waals surface area contributed by atoms with Gasteiger partial charge in [0.05, 0.1) is 6.10 Å². The molecule has 0 bridgehead atoms. The van der Waals surface area contributed by atoms with Crippen molar-refractivity contribution in [1.82, 2.24) is 10.3 Å². The van der Waals surface area contributed by atoms with Gasteiger partial charge in [0.2, 0.25) is 11.5 Å². The molecule has 100 valence electrons. The fourth-order valence-electron chi connectivity index (χ4n) is 1.66. The van der Waals surface area contributed by atoms with Crippen molar-refractivity contribution in [3.05, 3.63) is 33.7 Å². The Morgan fingerprint density at radius 3 is 2.72 bits per heavy atom. The fraction of sp³-hybridized carbons (Fsp3) is 0.500. The van der Waals surface area contributed by atoms with E-state index in [9.17, 15) is 19.8 Å². The first-order valence-electron chi connectivity index (χ1n) is 5.71. The number of aromatic nitrogens is 1. The predicted molar refractivity (Wildman–Crippen MR) is 66.1 cm³/mol. The second-order valence-corrected chi connectivity index (χ2v) is 4.22. The number of rotatable bonds is 5. The molecule has 18 heavy (non-hydrogen) atoms. The minimum absolute atomic E-state index is 0.183. The van der Waals surface area contributed by atoms with Gasteiger partial charge in [0.25, 0.3) is 0 Å². The highest BCUT2D eigenvalue weighted by Crippen LogP contribution is 2.20. The van der Waals surface area contributed by atoms with Crippen molar-refractivity contribution in [2.45, 2.75) is 32.5 Å². The van der Waals surface area contributed by atoms with Crippen LogP contribution in [-0.4, -0.2) is 33.8 Å². The Hall–Kier alpha value is -1.66. The summed E-state index contributed by atoms with van der Waals surface area (Å²) in [6, 6.07) is 1.36. The van der Waals surface area contributed by atoms with Crippen LogP contribution in [0.3, 0.4) is 0 Å². The number of aliphatic hydroxyl groups is 2. The molecule has 1 aromatic heterocycles. The van der Waals surface area contributed by atoms with Gasteiger partial charge in [0.15, 0.2) is 0 Å². The molecule has 6 heteroatoms. The summed E-state index contributed by atoms with van der Waals surface area (Å²) in [5.41, 5.74) is 0.839. The molecule has 0 saturated carbocycles. The highest BCUT2D eigenvalue weighted by Gasteiger charge is 2.20. The number of amides is 1. The maximum atomic E-state index is 11.0. The van der Waals surface area contributed by atoms with Gasteiger partial charge in [0.1, 0.15) is 6.10 Å². The summed E-state index contributed by atoms with van der Waals surface area (Å²) in [6.45, 7) is 3.36. The van der Waals surface area contributed by atoms with E-state index in [0.29, 0.717) is 11.1 Å². The highest BCUT2D eigenvalue weighted by molar-refractivity contribution is 5.72. The molecule has 0 aromatic carbocycles. The van der Waals surface area contributed by atoms with Gasteiger partial charge < -0.3 is 20.5 Å². The number of nitrogens with one attached hydrogen (secondary N) is 2. The first-order valence-corrected chi connectivity index (χ1v) is 5.71. The summed E-state index contributed by atoms with van der Waals surface area (Å²) >= 11 is 0. The molecular formula is C12H18N2O4. The Kier molecular flexibility index (Phi) is 5.06. The number of hydrogen-bond acceptors (Lipinski definition) is 4. The van der Waals surface area contributed by atoms with Crippen LogP contribution < -0.4 is 10.9 Å². The molecule has 0 aliphatic carbocycles. The zero-order chi connectivity index (χ0) is 13.7. The van der Waals surface area contributed by atoms with E-state index < -0.39 is 12.2 Å². The van der Waals surface area contributed by atoms with Crippen LogP contribution in [0.25, 0.3) is 0 Å². The van der Waals surface area contributed by atoms with Gasteiger partial charge in [-0.15, -0.1) is 0 Å². The number of hydrogen-bond donors (Lipinski definition) is 4. The monoisotopic (exact) mass is 254 g/mol. The third-order valence-electron chi connectivity index (χ3n) is 2.67. The molecule has 0 saturated heterocycles. The van der Waals surface area contributed by atoms with E-state index in [1.165, 1.54) is 19.2 Å². The normalized spacial score (nSPS) is 14.0. The van der Waals surface area contributed by atoms with Gasteiger partial charge in [-0.2, -0.15) is 0 Å². The molecular weight excluding hydrogens is 236 g/mol. The Labute approximate surface area is 105 Å². The predicted octanol–water partition coefficient (Wildman–Crippen LogP) is -0.396. The van der Waals surface area contributed by atoms with Crippen LogP contribution >= 0.6 is 0 Å². The second-order valence-electron chi connectivity index (χ2n) is 4.22. The standard InChI is InChI=1S/C12H18N2O4/c1-7-5-11(17)14-6-9(7)12(18)10(16)3-4-13-8(2)15/h5-6,10,12,16,18H,3-4H2,1-2H3,(H,13,15)(H,14,17). The Morgan fingerprint density at radius 2 is 2.17 bits per heavy atom. The lowest BCUT2D eigenvalue weighted by Crippen LogP contribution is -2.28. The number of aromatic amines is 1. The molecule has 4 N–H and O–H groups in total. The zero-order valence-corrected chi connectivity index (χ0v) is 10.4. The number of pyridine rings is 1. The van der Waals surface area contributed by atoms with Crippen molar-refractivity contribution in [3.63, 3.8) is 0 Å². The van der Waals surface area contributed by atoms with E-state index in [0.717, 1.165) is 0 Å². The molecule has 2 unspecified atom stereocenters. The third kappa shape index (κ3) is 3.97. The average Bonchev–Trinajstić information content (AvgIpc) is 2.27. The lowest BCUT2D eigenvalue weighted by Gasteiger charge is -2.19. The van der Waals surface area contributed by atoms with Gasteiger partial charge in [-0.25, -0.2) is 0 Å². The highest BCUT2D eigenvalue weighted by atomic mass is 16.3. The number of carbonyl (C=O) groups excluding carboxylic acids is 1. The number of aryl methyl sites for hydroxylation is 1. The molecule has 1 heterocycles. The van der Waals surface area contributed by atoms with Gasteiger partial charge in [0, 0.05) is 31.3 Å². The Bertz CT molecular complexity index is 469. The van der Waals surface area contributed by atoms with Gasteiger partial charge in [-0.05, 0) is 18.9 Å². The van der Waals surface area contributed by atoms with E-state index in [1.807, 2.05) is 0 Å². The Balaban J connectivity index is 2.65. The maximum Gasteiger partial charge on any atom is 0.248 e. The SMILES string of the molecule is CC(=O)NCCC(O)C(O)c1c[nH]c(=O)cc1C. The summed E-state index contributed by atoms with van der Waals surface area (Å²) in [5.74, 6) is -0.183. The van der Waals surface area contributed by atoms with Gasteiger partial charge >= 0.3 is 0 Å². The van der Waals surface area contributed by atoms with Crippen LogP contribution in [0, 0.1) is 6.92 Å². The molecule has 1 rings (SSSR count). The van der Waals surface area contributed by atoms with Crippen molar-refractivity contribution in [2.75, 3.05) is 6.54 Å². The lowest BCUT2D eigenvalue weighted by molar-refractivity contribution is -0.119. The molecule has 0 aliphatic heterocycles. The molecule has 0 radical (unpaired) electrons. The third-order valence-corrected chi connectivity index (χ3v) is 2.67. The lowest BCUT2D eigenvalue weighted by atomic mass is 10.00. The number of carbonyl (C=O) groups is 1. The van der Waals surface area contributed by atoms with E-state index in [1.54, 1.807) is 6.92 Å². The zero-order valence-electron chi connectivity index (χ0n) is 10.4. The van der Waals surface area contributed by atoms with Gasteiger partial charge in [-0.1, -0.05) is 0 Å². The molecule has 0 aliphatic rings. The first kappa shape index (κ1) is 14.4. The van der Waals surface area contributed by atoms with E-state index in [4.69, 9.17) is 0 Å². The van der Waals surface area contributed by atoms with Crippen LogP contribution in [0.1, 0.15) is 30.6 Å². The molecule has 1 aromatic rings. The maximum absolute atomic E-state index is 11.0. The van der Waals surface area contributed by atoms with Crippen LogP contribution in [0.4, 0.5) is 0 Å². The molecule has 0 fully saturated rings. The van der Waals surface area contributed by atoms with Gasteiger partial charge in [-0.3, -0.25) is 9.59 Å². The van der Waals surface area contributed by atoms with Crippen LogP contribution in [0.5, 0.6) is 0 Å². The molecule has 0 spiro atoms. The van der Waals surface area contributed by atoms with Crippen molar-refractivity contribution >= 4 is 5.91 Å². The topological polar surface area (TPSA) is 102 Å². The van der Waals surface area contributed by atoms with Crippen LogP contribution in [-0.2, 0) is 4.79 Å². The van der Waals surface area contributed by atoms with Crippen molar-refractivity contribution < 1.29 is 15.0 Å². The fourth-order valence-corrected chi connectivity index (χ4v) is 1.66. The number of aliphatic hydroxyl groups excluding tert-OH is 2. The van der Waals surface area contributed by atoms with Crippen LogP contribution in [0.15, 0.2) is 17.1 Å². The first-order chi connectivity index (χ1) is 8.41. The summed E-state index contributed by atoms with van der Waals surface area (Å²) in [7, 11) is 0. The summed E-state index contributed by atoms with van der Waals surface area (Å²) < 4.78 is 0. The largest absolute Gasteiger partial charge is 0.390 e. The van der Waals surface area contributed by atoms with Crippen LogP contribution in [0.2, 0.25) is 0 Å². The summed E-state index contributed by atoms with van der Waals surface area (Å²) in [6.07, 6.45) is -0.458. The summed E-state index contributed by atoms with van der Waals surface area (Å²) in [4.78, 5) is 24.2. The Morgan fingerprint density at radius 1 is 1.50 bits per heavy atom. The summed E-state index contributed by atoms with van der Waals surface area (Å²) in [5, 5.41) is 22.3. The smallest absolute Gasteiger partial charge is 0.248 e. The van der Waals surface area contributed by atoms with E-state index in [-0.39, 0.29) is 24.4 Å². The molecule has 2 atom stereocenters. The molecule has 1 amide bonds. The van der Waals surface area contributed by atoms with E-state index in [2.05, 4.69) is 10.3 Å². The number of H-pyrrole nitrogens is 1.